The smallest absolute Gasteiger partial charge is 0.0200 e. The van der Waals surface area contributed by atoms with Gasteiger partial charge in [-0.2, -0.15) is 0 Å². The normalized spacial score (nSPS) is 32.6. The maximum atomic E-state index is 4.53. The Bertz CT molecular complexity index is 183. The van der Waals surface area contributed by atoms with E-state index in [1.807, 2.05) is 0 Å². The van der Waals surface area contributed by atoms with E-state index in [1.165, 1.54) is 32.1 Å². The Morgan fingerprint density at radius 2 is 1.87 bits per heavy atom. The van der Waals surface area contributed by atoms with Crippen LogP contribution in [-0.4, -0.2) is 16.9 Å². The maximum absolute atomic E-state index is 4.53. The van der Waals surface area contributed by atoms with E-state index in [0.29, 0.717) is 5.41 Å². The van der Waals surface area contributed by atoms with Crippen molar-refractivity contribution in [3.05, 3.63) is 0 Å². The Morgan fingerprint density at radius 1 is 1.33 bits per heavy atom. The summed E-state index contributed by atoms with van der Waals surface area (Å²) in [6.45, 7) is 10.4. The highest BCUT2D eigenvalue weighted by molar-refractivity contribution is 7.77. The van der Waals surface area contributed by atoms with Crippen LogP contribution in [-0.2, 0) is 0 Å². The van der Waals surface area contributed by atoms with Crippen molar-refractivity contribution in [3.8, 4) is 0 Å². The molecule has 90 valence electrons. The second-order valence-electron chi connectivity index (χ2n) is 5.90. The van der Waals surface area contributed by atoms with Crippen molar-refractivity contribution in [2.45, 2.75) is 65.8 Å². The van der Waals surface area contributed by atoms with Crippen LogP contribution in [0.15, 0.2) is 0 Å². The Kier molecular flexibility index (Phi) is 4.98. The number of hydrogen-bond donors (Lipinski definition) is 1. The minimum atomic E-state index is 0.604. The van der Waals surface area contributed by atoms with Crippen molar-refractivity contribution in [1.82, 2.24) is 4.31 Å². The highest BCUT2D eigenvalue weighted by atomic mass is 32.1. The van der Waals surface area contributed by atoms with Crippen LogP contribution < -0.4 is 0 Å². The molecule has 0 heterocycles. The molecule has 1 rings (SSSR count). The molecule has 0 bridgehead atoms. The van der Waals surface area contributed by atoms with Crippen molar-refractivity contribution in [1.29, 1.82) is 0 Å². The lowest BCUT2D eigenvalue weighted by Gasteiger charge is -2.40. The molecule has 2 heteroatoms. The highest BCUT2D eigenvalue weighted by Gasteiger charge is 2.32. The zero-order valence-electron chi connectivity index (χ0n) is 10.8. The van der Waals surface area contributed by atoms with Gasteiger partial charge in [-0.3, -0.25) is 4.31 Å². The van der Waals surface area contributed by atoms with Gasteiger partial charge in [0.1, 0.15) is 0 Å². The topological polar surface area (TPSA) is 3.24 Å². The fourth-order valence-corrected chi connectivity index (χ4v) is 3.28. The van der Waals surface area contributed by atoms with Crippen molar-refractivity contribution >= 4 is 12.8 Å². The molecule has 0 saturated heterocycles. The van der Waals surface area contributed by atoms with Gasteiger partial charge >= 0.3 is 0 Å². The van der Waals surface area contributed by atoms with Crippen LogP contribution in [0.5, 0.6) is 0 Å². The molecular formula is C13H27NS. The quantitative estimate of drug-likeness (QED) is 0.709. The van der Waals surface area contributed by atoms with Gasteiger partial charge in [0.2, 0.25) is 0 Å². The molecular weight excluding hydrogens is 202 g/mol. The lowest BCUT2D eigenvalue weighted by Crippen LogP contribution is -2.35. The minimum absolute atomic E-state index is 0.604. The van der Waals surface area contributed by atoms with Gasteiger partial charge in [0.15, 0.2) is 0 Å². The SMILES string of the molecule is CCN(S)C1CCC(C)(CC(C)C)CC1. The van der Waals surface area contributed by atoms with Gasteiger partial charge in [-0.1, -0.05) is 40.5 Å². The molecule has 1 fully saturated rings. The van der Waals surface area contributed by atoms with E-state index in [0.717, 1.165) is 18.5 Å². The third kappa shape index (κ3) is 3.99. The molecule has 0 unspecified atom stereocenters. The van der Waals surface area contributed by atoms with Gasteiger partial charge in [0.25, 0.3) is 0 Å². The van der Waals surface area contributed by atoms with Crippen LogP contribution in [0.1, 0.15) is 59.8 Å². The van der Waals surface area contributed by atoms with Gasteiger partial charge in [-0.15, -0.1) is 0 Å². The van der Waals surface area contributed by atoms with E-state index in [4.69, 9.17) is 0 Å². The maximum Gasteiger partial charge on any atom is 0.0200 e. The Balaban J connectivity index is 2.40. The van der Waals surface area contributed by atoms with Crippen LogP contribution >= 0.6 is 12.8 Å². The molecule has 1 aliphatic rings. The van der Waals surface area contributed by atoms with E-state index < -0.39 is 0 Å². The van der Waals surface area contributed by atoms with Crippen molar-refractivity contribution in [2.24, 2.45) is 11.3 Å². The predicted molar refractivity (Wildman–Crippen MR) is 71.2 cm³/mol. The molecule has 1 saturated carbocycles. The molecule has 0 atom stereocenters. The first-order chi connectivity index (χ1) is 6.97. The van der Waals surface area contributed by atoms with E-state index in [-0.39, 0.29) is 0 Å². The van der Waals surface area contributed by atoms with Gasteiger partial charge in [0.05, 0.1) is 0 Å². The standard InChI is InChI=1S/C13H27NS/c1-5-14(15)12-6-8-13(4,9-7-12)10-11(2)3/h11-12,15H,5-10H2,1-4H3. The molecule has 1 nitrogen and oxygen atoms in total. The molecule has 0 aromatic rings. The molecule has 0 N–H and O–H groups in total. The monoisotopic (exact) mass is 229 g/mol. The predicted octanol–water partition coefficient (Wildman–Crippen LogP) is 4.15. The summed E-state index contributed by atoms with van der Waals surface area (Å²) < 4.78 is 2.22. The third-order valence-electron chi connectivity index (χ3n) is 3.81. The molecule has 0 spiro atoms. The average molecular weight is 229 g/mol. The van der Waals surface area contributed by atoms with Crippen LogP contribution in [0.25, 0.3) is 0 Å². The van der Waals surface area contributed by atoms with Gasteiger partial charge < -0.3 is 0 Å². The number of rotatable bonds is 4. The molecule has 0 aromatic carbocycles. The molecule has 0 amide bonds. The van der Waals surface area contributed by atoms with Crippen molar-refractivity contribution in [3.63, 3.8) is 0 Å². The summed E-state index contributed by atoms with van der Waals surface area (Å²) in [5.41, 5.74) is 0.604. The summed E-state index contributed by atoms with van der Waals surface area (Å²) in [6, 6.07) is 0.721. The fraction of sp³-hybridized carbons (Fsp3) is 1.00. The zero-order valence-corrected chi connectivity index (χ0v) is 11.7. The lowest BCUT2D eigenvalue weighted by atomic mass is 9.70. The van der Waals surface area contributed by atoms with Gasteiger partial charge in [0, 0.05) is 12.6 Å². The first-order valence-electron chi connectivity index (χ1n) is 6.42. The van der Waals surface area contributed by atoms with E-state index in [1.54, 1.807) is 0 Å². The second-order valence-corrected chi connectivity index (χ2v) is 6.41. The Morgan fingerprint density at radius 3 is 2.27 bits per heavy atom. The van der Waals surface area contributed by atoms with Crippen LogP contribution in [0, 0.1) is 11.3 Å². The van der Waals surface area contributed by atoms with Crippen molar-refractivity contribution < 1.29 is 0 Å². The summed E-state index contributed by atoms with van der Waals surface area (Å²) in [7, 11) is 0. The molecule has 0 aromatic heterocycles. The number of hydrogen-bond acceptors (Lipinski definition) is 2. The summed E-state index contributed by atoms with van der Waals surface area (Å²) in [5.74, 6) is 0.838. The van der Waals surface area contributed by atoms with E-state index in [9.17, 15) is 0 Å². The molecule has 1 aliphatic carbocycles. The van der Waals surface area contributed by atoms with Gasteiger partial charge in [-0.05, 0) is 43.4 Å². The van der Waals surface area contributed by atoms with Crippen LogP contribution in [0.3, 0.4) is 0 Å². The van der Waals surface area contributed by atoms with E-state index >= 15 is 0 Å². The molecule has 0 aliphatic heterocycles. The zero-order chi connectivity index (χ0) is 11.5. The molecule has 0 radical (unpaired) electrons. The van der Waals surface area contributed by atoms with Crippen LogP contribution in [0.2, 0.25) is 0 Å². The Labute approximate surface area is 101 Å². The second kappa shape index (κ2) is 5.58. The highest BCUT2D eigenvalue weighted by Crippen LogP contribution is 2.42. The van der Waals surface area contributed by atoms with Crippen molar-refractivity contribution in [2.75, 3.05) is 6.54 Å². The average Bonchev–Trinajstić information content (AvgIpc) is 2.16. The summed E-state index contributed by atoms with van der Waals surface area (Å²) in [5, 5.41) is 0. The first-order valence-corrected chi connectivity index (χ1v) is 6.82. The third-order valence-corrected chi connectivity index (χ3v) is 4.42. The fourth-order valence-electron chi connectivity index (χ4n) is 3.05. The number of nitrogens with zero attached hydrogens (tertiary/aromatic N) is 1. The largest absolute Gasteiger partial charge is 0.250 e. The first kappa shape index (κ1) is 13.4. The summed E-state index contributed by atoms with van der Waals surface area (Å²) in [4.78, 5) is 0. The minimum Gasteiger partial charge on any atom is -0.250 e. The van der Waals surface area contributed by atoms with Gasteiger partial charge in [-0.25, -0.2) is 0 Å². The number of thiol groups is 1. The molecule has 15 heavy (non-hydrogen) atoms. The summed E-state index contributed by atoms with van der Waals surface area (Å²) >= 11 is 4.53. The van der Waals surface area contributed by atoms with Crippen LogP contribution in [0.4, 0.5) is 0 Å². The lowest BCUT2D eigenvalue weighted by molar-refractivity contribution is 0.129. The van der Waals surface area contributed by atoms with E-state index in [2.05, 4.69) is 44.8 Å². The summed E-state index contributed by atoms with van der Waals surface area (Å²) in [6.07, 6.45) is 6.82. The Hall–Kier alpha value is 0.310.